The van der Waals surface area contributed by atoms with Crippen molar-refractivity contribution in [2.45, 2.75) is 17.4 Å². The third kappa shape index (κ3) is 2.57. The zero-order valence-corrected chi connectivity index (χ0v) is 11.9. The van der Waals surface area contributed by atoms with Crippen molar-refractivity contribution < 1.29 is 8.42 Å². The van der Waals surface area contributed by atoms with E-state index in [0.29, 0.717) is 29.5 Å². The van der Waals surface area contributed by atoms with Crippen molar-refractivity contribution in [2.24, 2.45) is 5.73 Å². The van der Waals surface area contributed by atoms with Gasteiger partial charge in [0.1, 0.15) is 0 Å². The maximum atomic E-state index is 12.3. The molecule has 1 heterocycles. The largest absolute Gasteiger partial charge is 0.326 e. The van der Waals surface area contributed by atoms with Crippen LogP contribution in [0.2, 0.25) is 0 Å². The monoisotopic (exact) mass is 329 g/mol. The molecule has 0 spiro atoms. The Balaban J connectivity index is 2.42. The summed E-state index contributed by atoms with van der Waals surface area (Å²) in [5.41, 5.74) is 6.03. The molecule has 0 saturated carbocycles. The Morgan fingerprint density at radius 3 is 2.72 bits per heavy atom. The second-order valence-electron chi connectivity index (χ2n) is 4.20. The standard InChI is InChI=1S/C11H12BrN3O2S/c12-9-3-8(6-13)4-11(5-9)18(16,17)15-2-1-10(14)7-15/h3-5,10H,1-2,7,14H2/t10-/m0/s1. The number of nitriles is 1. The van der Waals surface area contributed by atoms with Crippen molar-refractivity contribution in [1.82, 2.24) is 4.31 Å². The number of halogens is 1. The fraction of sp³-hybridized carbons (Fsp3) is 0.364. The van der Waals surface area contributed by atoms with Crippen molar-refractivity contribution in [3.63, 3.8) is 0 Å². The molecule has 0 radical (unpaired) electrons. The lowest BCUT2D eigenvalue weighted by atomic mass is 10.2. The summed E-state index contributed by atoms with van der Waals surface area (Å²) in [6, 6.07) is 6.29. The van der Waals surface area contributed by atoms with Crippen molar-refractivity contribution in [2.75, 3.05) is 13.1 Å². The van der Waals surface area contributed by atoms with Gasteiger partial charge in [0.15, 0.2) is 0 Å². The molecule has 7 heteroatoms. The van der Waals surface area contributed by atoms with E-state index in [9.17, 15) is 8.42 Å². The highest BCUT2D eigenvalue weighted by Crippen LogP contribution is 2.24. The average molecular weight is 330 g/mol. The van der Waals surface area contributed by atoms with Gasteiger partial charge in [-0.15, -0.1) is 0 Å². The smallest absolute Gasteiger partial charge is 0.243 e. The summed E-state index contributed by atoms with van der Waals surface area (Å²) in [6.45, 7) is 0.759. The maximum absolute atomic E-state index is 12.3. The predicted molar refractivity (Wildman–Crippen MR) is 70.2 cm³/mol. The molecule has 1 aliphatic heterocycles. The van der Waals surface area contributed by atoms with Crippen LogP contribution in [0.1, 0.15) is 12.0 Å². The van der Waals surface area contributed by atoms with Crippen molar-refractivity contribution in [3.8, 4) is 6.07 Å². The molecule has 0 amide bonds. The molecule has 1 aliphatic rings. The Morgan fingerprint density at radius 1 is 1.44 bits per heavy atom. The minimum Gasteiger partial charge on any atom is -0.326 e. The molecule has 0 aromatic heterocycles. The minimum absolute atomic E-state index is 0.109. The molecule has 5 nitrogen and oxygen atoms in total. The van der Waals surface area contributed by atoms with Crippen LogP contribution >= 0.6 is 15.9 Å². The summed E-state index contributed by atoms with van der Waals surface area (Å²) in [4.78, 5) is 0.127. The van der Waals surface area contributed by atoms with E-state index >= 15 is 0 Å². The fourth-order valence-electron chi connectivity index (χ4n) is 1.90. The van der Waals surface area contributed by atoms with E-state index in [-0.39, 0.29) is 10.9 Å². The van der Waals surface area contributed by atoms with Crippen LogP contribution in [-0.4, -0.2) is 31.9 Å². The predicted octanol–water partition coefficient (Wildman–Crippen LogP) is 1.04. The summed E-state index contributed by atoms with van der Waals surface area (Å²) < 4.78 is 26.6. The van der Waals surface area contributed by atoms with Gasteiger partial charge in [0.05, 0.1) is 16.5 Å². The first-order chi connectivity index (χ1) is 8.43. The summed E-state index contributed by atoms with van der Waals surface area (Å²) in [7, 11) is -3.55. The van der Waals surface area contributed by atoms with Gasteiger partial charge < -0.3 is 5.73 Å². The Labute approximate surface area is 114 Å². The number of hydrogen-bond donors (Lipinski definition) is 1. The molecule has 1 fully saturated rings. The van der Waals surface area contributed by atoms with E-state index in [0.717, 1.165) is 0 Å². The highest BCUT2D eigenvalue weighted by Gasteiger charge is 2.31. The first-order valence-corrected chi connectivity index (χ1v) is 7.63. The third-order valence-electron chi connectivity index (χ3n) is 2.83. The number of benzene rings is 1. The average Bonchev–Trinajstić information content (AvgIpc) is 2.75. The van der Waals surface area contributed by atoms with Gasteiger partial charge in [0.25, 0.3) is 0 Å². The molecule has 1 aromatic carbocycles. The van der Waals surface area contributed by atoms with Crippen LogP contribution in [0.15, 0.2) is 27.6 Å². The van der Waals surface area contributed by atoms with Crippen molar-refractivity contribution in [3.05, 3.63) is 28.2 Å². The molecule has 1 atom stereocenters. The van der Waals surface area contributed by atoms with Crippen LogP contribution in [0.25, 0.3) is 0 Å². The molecule has 96 valence electrons. The van der Waals surface area contributed by atoms with Crippen LogP contribution < -0.4 is 5.73 Å². The Hall–Kier alpha value is -0.940. The lowest BCUT2D eigenvalue weighted by Crippen LogP contribution is -2.32. The van der Waals surface area contributed by atoms with Gasteiger partial charge in [0, 0.05) is 23.6 Å². The Bertz CT molecular complexity index is 609. The van der Waals surface area contributed by atoms with Crippen LogP contribution in [-0.2, 0) is 10.0 Å². The first-order valence-electron chi connectivity index (χ1n) is 5.40. The fourth-order valence-corrected chi connectivity index (χ4v) is 4.13. The molecule has 1 saturated heterocycles. The van der Waals surface area contributed by atoms with Crippen LogP contribution in [0.4, 0.5) is 0 Å². The summed E-state index contributed by atoms with van der Waals surface area (Å²) in [6.07, 6.45) is 0.665. The molecule has 2 N–H and O–H groups in total. The van der Waals surface area contributed by atoms with E-state index in [2.05, 4.69) is 15.9 Å². The molecule has 1 aromatic rings. The summed E-state index contributed by atoms with van der Waals surface area (Å²) in [5, 5.41) is 8.86. The van der Waals surface area contributed by atoms with Gasteiger partial charge in [-0.1, -0.05) is 15.9 Å². The van der Waals surface area contributed by atoms with Gasteiger partial charge >= 0.3 is 0 Å². The first kappa shape index (κ1) is 13.5. The van der Waals surface area contributed by atoms with Gasteiger partial charge in [-0.3, -0.25) is 0 Å². The Kier molecular flexibility index (Phi) is 3.73. The van der Waals surface area contributed by atoms with E-state index in [1.807, 2.05) is 6.07 Å². The lowest BCUT2D eigenvalue weighted by molar-refractivity contribution is 0.472. The zero-order chi connectivity index (χ0) is 13.3. The molecular weight excluding hydrogens is 318 g/mol. The highest BCUT2D eigenvalue weighted by atomic mass is 79.9. The molecule has 18 heavy (non-hydrogen) atoms. The highest BCUT2D eigenvalue weighted by molar-refractivity contribution is 9.10. The number of nitrogens with zero attached hydrogens (tertiary/aromatic N) is 2. The van der Waals surface area contributed by atoms with Crippen molar-refractivity contribution >= 4 is 26.0 Å². The van der Waals surface area contributed by atoms with Crippen LogP contribution in [0, 0.1) is 11.3 Å². The minimum atomic E-state index is -3.55. The second kappa shape index (κ2) is 4.97. The molecule has 0 unspecified atom stereocenters. The number of sulfonamides is 1. The summed E-state index contributed by atoms with van der Waals surface area (Å²) >= 11 is 3.21. The van der Waals surface area contributed by atoms with Gasteiger partial charge in [-0.2, -0.15) is 9.57 Å². The number of hydrogen-bond acceptors (Lipinski definition) is 4. The molecular formula is C11H12BrN3O2S. The van der Waals surface area contributed by atoms with Crippen molar-refractivity contribution in [1.29, 1.82) is 5.26 Å². The van der Waals surface area contributed by atoms with Crippen LogP contribution in [0.5, 0.6) is 0 Å². The summed E-state index contributed by atoms with van der Waals surface area (Å²) in [5.74, 6) is 0. The van der Waals surface area contributed by atoms with Crippen LogP contribution in [0.3, 0.4) is 0 Å². The number of nitrogens with two attached hydrogens (primary N) is 1. The third-order valence-corrected chi connectivity index (χ3v) is 5.13. The van der Waals surface area contributed by atoms with E-state index in [1.165, 1.54) is 16.4 Å². The second-order valence-corrected chi connectivity index (χ2v) is 7.05. The maximum Gasteiger partial charge on any atom is 0.243 e. The Morgan fingerprint density at radius 2 is 2.17 bits per heavy atom. The van der Waals surface area contributed by atoms with E-state index in [1.54, 1.807) is 6.07 Å². The number of rotatable bonds is 2. The lowest BCUT2D eigenvalue weighted by Gasteiger charge is -2.16. The topological polar surface area (TPSA) is 87.2 Å². The normalized spacial score (nSPS) is 20.8. The van der Waals surface area contributed by atoms with Gasteiger partial charge in [-0.25, -0.2) is 8.42 Å². The van der Waals surface area contributed by atoms with Gasteiger partial charge in [-0.05, 0) is 24.6 Å². The quantitative estimate of drug-likeness (QED) is 0.878. The molecule has 2 rings (SSSR count). The zero-order valence-electron chi connectivity index (χ0n) is 9.51. The van der Waals surface area contributed by atoms with E-state index in [4.69, 9.17) is 11.0 Å². The molecule has 0 bridgehead atoms. The van der Waals surface area contributed by atoms with E-state index < -0.39 is 10.0 Å². The molecule has 0 aliphatic carbocycles. The SMILES string of the molecule is N#Cc1cc(Br)cc(S(=O)(=O)N2CC[C@H](N)C2)c1. The van der Waals surface area contributed by atoms with Gasteiger partial charge in [0.2, 0.25) is 10.0 Å².